The minimum atomic E-state index is -5.08. The summed E-state index contributed by atoms with van der Waals surface area (Å²) < 4.78 is 80.5. The van der Waals surface area contributed by atoms with Gasteiger partial charge in [0, 0.05) is 41.0 Å². The fourth-order valence-electron chi connectivity index (χ4n) is 3.88. The van der Waals surface area contributed by atoms with Crippen LogP contribution in [0.1, 0.15) is 43.7 Å². The molecule has 0 bridgehead atoms. The molecule has 1 amide bonds. The number of pyridine rings is 2. The van der Waals surface area contributed by atoms with Crippen LogP contribution in [0, 0.1) is 25.7 Å². The van der Waals surface area contributed by atoms with Gasteiger partial charge in [-0.2, -0.15) is 26.3 Å². The molecule has 0 unspecified atom stereocenters. The van der Waals surface area contributed by atoms with Crippen LogP contribution < -0.4 is 10.6 Å². The fraction of sp³-hybridized carbons (Fsp3) is 0.179. The Morgan fingerprint density at radius 1 is 0.923 bits per heavy atom. The molecule has 0 spiro atoms. The van der Waals surface area contributed by atoms with Gasteiger partial charge in [0.05, 0.1) is 11.1 Å². The van der Waals surface area contributed by atoms with E-state index in [2.05, 4.69) is 21.8 Å². The minimum Gasteiger partial charge on any atom is -0.384 e. The lowest BCUT2D eigenvalue weighted by atomic mass is 9.96. The van der Waals surface area contributed by atoms with Crippen LogP contribution in [0.5, 0.6) is 0 Å². The van der Waals surface area contributed by atoms with E-state index in [-0.39, 0.29) is 11.8 Å². The van der Waals surface area contributed by atoms with Gasteiger partial charge in [-0.25, -0.2) is 9.97 Å². The van der Waals surface area contributed by atoms with Crippen molar-refractivity contribution in [3.63, 3.8) is 0 Å². The van der Waals surface area contributed by atoms with Crippen molar-refractivity contribution >= 4 is 28.4 Å². The molecule has 2 aromatic carbocycles. The average molecular weight is 542 g/mol. The number of benzene rings is 2. The highest BCUT2D eigenvalue weighted by Crippen LogP contribution is 2.39. The topological polar surface area (TPSA) is 72.1 Å². The van der Waals surface area contributed by atoms with Gasteiger partial charge >= 0.3 is 12.4 Å². The van der Waals surface area contributed by atoms with E-state index in [1.54, 1.807) is 31.2 Å². The lowest BCUT2D eigenvalue weighted by molar-refractivity contribution is -0.143. The summed E-state index contributed by atoms with van der Waals surface area (Å²) in [7, 11) is 1.27. The van der Waals surface area contributed by atoms with Gasteiger partial charge in [0.25, 0.3) is 5.91 Å². The Bertz CT molecular complexity index is 1670. The molecule has 0 saturated heterocycles. The molecule has 2 aromatic heterocycles. The second kappa shape index (κ2) is 9.94. The second-order valence-corrected chi connectivity index (χ2v) is 8.81. The molecule has 4 aromatic rings. The molecule has 0 aliphatic carbocycles. The first-order chi connectivity index (χ1) is 18.1. The number of halogens is 6. The van der Waals surface area contributed by atoms with E-state index in [1.807, 2.05) is 0 Å². The molecular weight excluding hydrogens is 522 g/mol. The standard InChI is InChI=1S/C28H20F6N4O/c1-15-4-8-21(11-18(15)6-5-17-10-19-7-9-24(35)37-25(19)36-14-17)38(3)26(39)22-12-20(27(29,30)31)13-23(16(22)2)28(32,33)34/h4,7-14H,1-3H3,(H2,35,36,37). The highest BCUT2D eigenvalue weighted by molar-refractivity contribution is 6.07. The van der Waals surface area contributed by atoms with Gasteiger partial charge in [0.15, 0.2) is 5.65 Å². The number of hydrogen-bond donors (Lipinski definition) is 1. The third kappa shape index (κ3) is 5.80. The van der Waals surface area contributed by atoms with Crippen molar-refractivity contribution in [2.24, 2.45) is 0 Å². The number of aromatic nitrogens is 2. The average Bonchev–Trinajstić information content (AvgIpc) is 2.86. The van der Waals surface area contributed by atoms with E-state index in [0.717, 1.165) is 22.8 Å². The third-order valence-electron chi connectivity index (χ3n) is 6.09. The molecule has 39 heavy (non-hydrogen) atoms. The smallest absolute Gasteiger partial charge is 0.384 e. The number of nitrogen functional groups attached to an aromatic ring is 1. The van der Waals surface area contributed by atoms with Crippen LogP contribution in [0.15, 0.2) is 54.7 Å². The van der Waals surface area contributed by atoms with E-state index in [0.29, 0.717) is 28.7 Å². The summed E-state index contributed by atoms with van der Waals surface area (Å²) in [5.41, 5.74) is 3.78. The van der Waals surface area contributed by atoms with Crippen molar-refractivity contribution in [3.8, 4) is 11.8 Å². The number of hydrogen-bond acceptors (Lipinski definition) is 4. The van der Waals surface area contributed by atoms with Gasteiger partial charge in [-0.1, -0.05) is 17.9 Å². The van der Waals surface area contributed by atoms with Crippen LogP contribution in [0.3, 0.4) is 0 Å². The molecule has 0 radical (unpaired) electrons. The predicted molar refractivity (Wildman–Crippen MR) is 135 cm³/mol. The highest BCUT2D eigenvalue weighted by Gasteiger charge is 2.39. The second-order valence-electron chi connectivity index (χ2n) is 8.81. The number of carbonyl (C=O) groups excluding carboxylic acids is 1. The monoisotopic (exact) mass is 542 g/mol. The summed E-state index contributed by atoms with van der Waals surface area (Å²) in [6.45, 7) is 2.74. The number of carbonyl (C=O) groups is 1. The van der Waals surface area contributed by atoms with Crippen molar-refractivity contribution in [1.29, 1.82) is 0 Å². The zero-order chi connectivity index (χ0) is 28.7. The molecule has 0 aliphatic rings. The van der Waals surface area contributed by atoms with Gasteiger partial charge in [-0.3, -0.25) is 4.79 Å². The van der Waals surface area contributed by atoms with Crippen molar-refractivity contribution in [2.45, 2.75) is 26.2 Å². The van der Waals surface area contributed by atoms with E-state index in [9.17, 15) is 31.1 Å². The minimum absolute atomic E-state index is 0.0122. The quantitative estimate of drug-likeness (QED) is 0.231. The van der Waals surface area contributed by atoms with Gasteiger partial charge < -0.3 is 10.6 Å². The zero-order valence-corrected chi connectivity index (χ0v) is 20.8. The molecular formula is C28H20F6N4O. The van der Waals surface area contributed by atoms with Gasteiger partial charge in [-0.05, 0) is 67.4 Å². The van der Waals surface area contributed by atoms with E-state index in [4.69, 9.17) is 5.73 Å². The lowest BCUT2D eigenvalue weighted by Gasteiger charge is -2.22. The lowest BCUT2D eigenvalue weighted by Crippen LogP contribution is -2.28. The Hall–Kier alpha value is -4.59. The normalized spacial score (nSPS) is 11.7. The molecule has 0 saturated carbocycles. The number of anilines is 2. The Balaban J connectivity index is 1.70. The molecule has 4 rings (SSSR count). The number of fused-ring (bicyclic) bond motifs is 1. The molecule has 0 aliphatic heterocycles. The Labute approximate surface area is 219 Å². The van der Waals surface area contributed by atoms with E-state index in [1.165, 1.54) is 25.4 Å². The molecule has 11 heteroatoms. The molecule has 0 atom stereocenters. The van der Waals surface area contributed by atoms with Crippen LogP contribution in [-0.2, 0) is 12.4 Å². The molecule has 2 heterocycles. The van der Waals surface area contributed by atoms with Crippen LogP contribution in [0.2, 0.25) is 0 Å². The summed E-state index contributed by atoms with van der Waals surface area (Å²) in [4.78, 5) is 22.5. The maximum atomic E-state index is 13.5. The first-order valence-corrected chi connectivity index (χ1v) is 11.4. The predicted octanol–water partition coefficient (Wildman–Crippen LogP) is 6.54. The van der Waals surface area contributed by atoms with E-state index < -0.39 is 40.5 Å². The maximum Gasteiger partial charge on any atom is 0.416 e. The van der Waals surface area contributed by atoms with Crippen LogP contribution in [0.4, 0.5) is 37.8 Å². The van der Waals surface area contributed by atoms with Crippen LogP contribution in [0.25, 0.3) is 11.0 Å². The first-order valence-electron chi connectivity index (χ1n) is 11.4. The number of nitrogens with zero attached hydrogens (tertiary/aromatic N) is 3. The zero-order valence-electron chi connectivity index (χ0n) is 20.8. The summed E-state index contributed by atoms with van der Waals surface area (Å²) in [6.07, 6.45) is -8.63. The van der Waals surface area contributed by atoms with Gasteiger partial charge in [0.2, 0.25) is 0 Å². The highest BCUT2D eigenvalue weighted by atomic mass is 19.4. The maximum absolute atomic E-state index is 13.5. The summed E-state index contributed by atoms with van der Waals surface area (Å²) >= 11 is 0. The van der Waals surface area contributed by atoms with Crippen molar-refractivity contribution in [2.75, 3.05) is 17.7 Å². The van der Waals surface area contributed by atoms with Crippen molar-refractivity contribution in [1.82, 2.24) is 9.97 Å². The number of nitrogens with two attached hydrogens (primary N) is 1. The molecule has 200 valence electrons. The summed E-state index contributed by atoms with van der Waals surface area (Å²) in [5.74, 6) is 5.24. The SMILES string of the molecule is Cc1ccc(N(C)C(=O)c2cc(C(F)(F)F)cc(C(F)(F)F)c2C)cc1C#Cc1cnc2nc(N)ccc2c1. The van der Waals surface area contributed by atoms with Crippen LogP contribution >= 0.6 is 0 Å². The van der Waals surface area contributed by atoms with E-state index >= 15 is 0 Å². The van der Waals surface area contributed by atoms with Crippen molar-refractivity contribution < 1.29 is 31.1 Å². The molecule has 2 N–H and O–H groups in total. The number of rotatable bonds is 2. The Kier molecular flexibility index (Phi) is 7.00. The number of alkyl halides is 6. The third-order valence-corrected chi connectivity index (χ3v) is 6.09. The summed E-state index contributed by atoms with van der Waals surface area (Å²) in [6, 6.07) is 10.3. The molecule has 5 nitrogen and oxygen atoms in total. The van der Waals surface area contributed by atoms with Gasteiger partial charge in [-0.15, -0.1) is 0 Å². The molecule has 0 fully saturated rings. The summed E-state index contributed by atoms with van der Waals surface area (Å²) in [5, 5.41) is 0.724. The Morgan fingerprint density at radius 2 is 1.64 bits per heavy atom. The first kappa shape index (κ1) is 27.4. The largest absolute Gasteiger partial charge is 0.416 e. The van der Waals surface area contributed by atoms with Crippen molar-refractivity contribution in [3.05, 3.63) is 93.7 Å². The number of aryl methyl sites for hydroxylation is 1. The van der Waals surface area contributed by atoms with Gasteiger partial charge in [0.1, 0.15) is 5.82 Å². The number of amides is 1. The van der Waals surface area contributed by atoms with Crippen LogP contribution in [-0.4, -0.2) is 22.9 Å². The fourth-order valence-corrected chi connectivity index (χ4v) is 3.88. The Morgan fingerprint density at radius 3 is 2.31 bits per heavy atom.